The molecule has 2 N–H and O–H groups in total. The fourth-order valence-corrected chi connectivity index (χ4v) is 4.36. The number of rotatable bonds is 11. The lowest BCUT2D eigenvalue weighted by atomic mass is 10.1. The van der Waals surface area contributed by atoms with Crippen LogP contribution in [0.2, 0.25) is 5.15 Å². The van der Waals surface area contributed by atoms with Crippen LogP contribution >= 0.6 is 11.6 Å². The van der Waals surface area contributed by atoms with E-state index in [1.165, 1.54) is 12.1 Å². The molecule has 14 heteroatoms. The van der Waals surface area contributed by atoms with Crippen LogP contribution in [0.3, 0.4) is 0 Å². The zero-order valence-electron chi connectivity index (χ0n) is 24.0. The maximum absolute atomic E-state index is 12.8. The number of fused-ring (bicyclic) bond motifs is 1. The van der Waals surface area contributed by atoms with E-state index < -0.39 is 29.7 Å². The number of esters is 1. The number of carboxylic acid groups (broad SMARTS) is 1. The Bertz CT molecular complexity index is 1570. The summed E-state index contributed by atoms with van der Waals surface area (Å²) in [5, 5.41) is 19.2. The largest absolute Gasteiger partial charge is 0.480 e. The zero-order chi connectivity index (χ0) is 32.0. The minimum Gasteiger partial charge on any atom is -0.480 e. The molecule has 2 aromatic carbocycles. The summed E-state index contributed by atoms with van der Waals surface area (Å²) in [6.45, 7) is 5.16. The second kappa shape index (κ2) is 13.6. The van der Waals surface area contributed by atoms with Gasteiger partial charge in [0.2, 0.25) is 5.88 Å². The van der Waals surface area contributed by atoms with Crippen molar-refractivity contribution in [3.05, 3.63) is 87.6 Å². The van der Waals surface area contributed by atoms with Gasteiger partial charge in [0.05, 0.1) is 36.4 Å². The van der Waals surface area contributed by atoms with Crippen LogP contribution in [-0.4, -0.2) is 74.8 Å². The Morgan fingerprint density at radius 3 is 2.32 bits per heavy atom. The Morgan fingerprint density at radius 2 is 1.68 bits per heavy atom. The average Bonchev–Trinajstić information content (AvgIpc) is 3.20. The van der Waals surface area contributed by atoms with Gasteiger partial charge in [-0.15, -0.1) is 10.2 Å². The number of hydrogen-bond donors (Lipinski definition) is 2. The van der Waals surface area contributed by atoms with E-state index in [9.17, 15) is 29.1 Å². The van der Waals surface area contributed by atoms with Crippen molar-refractivity contribution >= 4 is 41.4 Å². The molecule has 1 aromatic heterocycles. The summed E-state index contributed by atoms with van der Waals surface area (Å²) in [7, 11) is 0. The van der Waals surface area contributed by atoms with Crippen molar-refractivity contribution in [3.8, 4) is 5.88 Å². The van der Waals surface area contributed by atoms with Crippen molar-refractivity contribution in [2.24, 2.45) is 0 Å². The van der Waals surface area contributed by atoms with Gasteiger partial charge in [-0.2, -0.15) is 0 Å². The lowest BCUT2D eigenvalue weighted by Crippen LogP contribution is -2.44. The third-order valence-corrected chi connectivity index (χ3v) is 6.50. The number of benzene rings is 2. The maximum Gasteiger partial charge on any atom is 0.408 e. The molecule has 3 aromatic rings. The third kappa shape index (κ3) is 8.14. The van der Waals surface area contributed by atoms with Gasteiger partial charge < -0.3 is 24.6 Å². The minimum absolute atomic E-state index is 0.0711. The molecule has 0 radical (unpaired) electrons. The molecule has 1 aliphatic heterocycles. The molecule has 230 valence electrons. The Hall–Kier alpha value is -4.88. The van der Waals surface area contributed by atoms with Crippen LogP contribution in [0.4, 0.5) is 4.79 Å². The molecule has 0 saturated heterocycles. The number of aromatic nitrogens is 2. The molecule has 2 heterocycles. The Labute approximate surface area is 257 Å². The van der Waals surface area contributed by atoms with Gasteiger partial charge in [0.1, 0.15) is 11.6 Å². The number of alkyl carbamates (subject to hydrolysis) is 1. The Kier molecular flexibility index (Phi) is 9.91. The van der Waals surface area contributed by atoms with Crippen LogP contribution in [0.1, 0.15) is 63.0 Å². The molecule has 1 aliphatic rings. The Morgan fingerprint density at radius 1 is 1.00 bits per heavy atom. The van der Waals surface area contributed by atoms with Crippen LogP contribution < -0.4 is 10.1 Å². The number of imide groups is 1. The van der Waals surface area contributed by atoms with Crippen molar-refractivity contribution < 1.29 is 43.3 Å². The minimum atomic E-state index is -1.41. The van der Waals surface area contributed by atoms with E-state index in [1.807, 2.05) is 0 Å². The first-order chi connectivity index (χ1) is 20.8. The summed E-state index contributed by atoms with van der Waals surface area (Å²) in [6.07, 6.45) is -1.22. The molecule has 3 amide bonds. The van der Waals surface area contributed by atoms with E-state index in [2.05, 4.69) is 15.5 Å². The molecule has 0 saturated carbocycles. The normalized spacial score (nSPS) is 13.3. The van der Waals surface area contributed by atoms with Gasteiger partial charge in [-0.05, 0) is 56.2 Å². The predicted octanol–water partition coefficient (Wildman–Crippen LogP) is 3.68. The van der Waals surface area contributed by atoms with Crippen molar-refractivity contribution in [2.45, 2.75) is 45.4 Å². The summed E-state index contributed by atoms with van der Waals surface area (Å²) < 4.78 is 16.1. The zero-order valence-corrected chi connectivity index (χ0v) is 24.8. The number of carbonyl (C=O) groups is 5. The first-order valence-corrected chi connectivity index (χ1v) is 13.8. The van der Waals surface area contributed by atoms with Gasteiger partial charge in [0.15, 0.2) is 5.15 Å². The number of carboxylic acids is 1. The number of nitrogens with zero attached hydrogens (tertiary/aromatic N) is 3. The lowest BCUT2D eigenvalue weighted by Gasteiger charge is -2.22. The van der Waals surface area contributed by atoms with Gasteiger partial charge in [-0.25, -0.2) is 14.4 Å². The lowest BCUT2D eigenvalue weighted by molar-refractivity contribution is -0.139. The highest BCUT2D eigenvalue weighted by molar-refractivity contribution is 6.30. The molecule has 0 aliphatic carbocycles. The molecular formula is C30H29ClN4O9. The second-order valence-electron chi connectivity index (χ2n) is 10.7. The summed E-state index contributed by atoms with van der Waals surface area (Å²) in [6, 6.07) is 12.8. The molecule has 1 unspecified atom stereocenters. The number of amides is 3. The smallest absolute Gasteiger partial charge is 0.408 e. The van der Waals surface area contributed by atoms with Crippen LogP contribution in [0.5, 0.6) is 5.88 Å². The highest BCUT2D eigenvalue weighted by Crippen LogP contribution is 2.23. The molecule has 0 spiro atoms. The van der Waals surface area contributed by atoms with Gasteiger partial charge in [-0.1, -0.05) is 35.9 Å². The van der Waals surface area contributed by atoms with Crippen LogP contribution in [-0.2, 0) is 27.3 Å². The van der Waals surface area contributed by atoms with Crippen molar-refractivity contribution in [3.63, 3.8) is 0 Å². The van der Waals surface area contributed by atoms with Crippen molar-refractivity contribution in [1.82, 2.24) is 20.4 Å². The van der Waals surface area contributed by atoms with Gasteiger partial charge in [0, 0.05) is 12.5 Å². The first kappa shape index (κ1) is 32.0. The molecule has 13 nitrogen and oxygen atoms in total. The van der Waals surface area contributed by atoms with Crippen LogP contribution in [0, 0.1) is 0 Å². The van der Waals surface area contributed by atoms with Gasteiger partial charge in [0.25, 0.3) is 11.8 Å². The Balaban J connectivity index is 1.33. The monoisotopic (exact) mass is 624 g/mol. The quantitative estimate of drug-likeness (QED) is 0.181. The first-order valence-electron chi connectivity index (χ1n) is 13.4. The summed E-state index contributed by atoms with van der Waals surface area (Å²) >= 11 is 6.10. The average molecular weight is 625 g/mol. The predicted molar refractivity (Wildman–Crippen MR) is 154 cm³/mol. The standard InChI is InChI=1S/C30H29ClN4O9/c1-30(2,3)44-29(41)32-22(27(38)39)14-19-15-23(33-34-24(19)31)43-28(40)18-8-6-7-17(13-18)16-42-12-11-35-25(36)20-9-4-5-10-21(20)26(35)37/h4-10,13,15,22H,11-12,14,16H2,1-3H3,(H,32,41)(H,38,39). The number of carbonyl (C=O) groups excluding carboxylic acids is 4. The molecule has 44 heavy (non-hydrogen) atoms. The van der Waals surface area contributed by atoms with Gasteiger partial charge >= 0.3 is 18.0 Å². The fourth-order valence-electron chi connectivity index (χ4n) is 4.19. The number of nitrogens with one attached hydrogen (secondary N) is 1. The number of halogens is 1. The number of aliphatic carboxylic acids is 1. The SMILES string of the molecule is CC(C)(C)OC(=O)NC(Cc1cc(OC(=O)c2cccc(COCCN3C(=O)c4ccccc4C3=O)c2)nnc1Cl)C(=O)O. The van der Waals surface area contributed by atoms with Gasteiger partial charge in [-0.3, -0.25) is 14.5 Å². The van der Waals surface area contributed by atoms with E-state index in [0.717, 1.165) is 4.90 Å². The fraction of sp³-hybridized carbons (Fsp3) is 0.300. The molecule has 4 rings (SSSR count). The van der Waals surface area contributed by atoms with Crippen molar-refractivity contribution in [2.75, 3.05) is 13.2 Å². The van der Waals surface area contributed by atoms with E-state index >= 15 is 0 Å². The molecule has 1 atom stereocenters. The summed E-state index contributed by atoms with van der Waals surface area (Å²) in [4.78, 5) is 62.8. The van der Waals surface area contributed by atoms with E-state index in [1.54, 1.807) is 63.2 Å². The summed E-state index contributed by atoms with van der Waals surface area (Å²) in [5.41, 5.74) is 0.839. The molecule has 0 fully saturated rings. The topological polar surface area (TPSA) is 174 Å². The molecular weight excluding hydrogens is 596 g/mol. The van der Waals surface area contributed by atoms with E-state index in [0.29, 0.717) is 16.7 Å². The van der Waals surface area contributed by atoms with Crippen molar-refractivity contribution in [1.29, 1.82) is 0 Å². The van der Waals surface area contributed by atoms with Crippen LogP contribution in [0.25, 0.3) is 0 Å². The highest BCUT2D eigenvalue weighted by Gasteiger charge is 2.34. The second-order valence-corrected chi connectivity index (χ2v) is 11.0. The summed E-state index contributed by atoms with van der Waals surface area (Å²) in [5.74, 6) is -3.10. The van der Waals surface area contributed by atoms with E-state index in [-0.39, 0.29) is 60.2 Å². The molecule has 0 bridgehead atoms. The highest BCUT2D eigenvalue weighted by atomic mass is 35.5. The number of ether oxygens (including phenoxy) is 3. The maximum atomic E-state index is 12.8. The van der Waals surface area contributed by atoms with Crippen LogP contribution in [0.15, 0.2) is 54.6 Å². The van der Waals surface area contributed by atoms with E-state index in [4.69, 9.17) is 25.8 Å². The number of hydrogen-bond acceptors (Lipinski definition) is 10. The third-order valence-electron chi connectivity index (χ3n) is 6.18.